The highest BCUT2D eigenvalue weighted by molar-refractivity contribution is 7.10. The highest BCUT2D eigenvalue weighted by atomic mass is 32.1. The highest BCUT2D eigenvalue weighted by Crippen LogP contribution is 2.12. The lowest BCUT2D eigenvalue weighted by atomic mass is 10.2. The molecule has 0 unspecified atom stereocenters. The van der Waals surface area contributed by atoms with Crippen LogP contribution in [0.2, 0.25) is 0 Å². The molecule has 0 saturated carbocycles. The molecule has 1 aromatic carbocycles. The van der Waals surface area contributed by atoms with Crippen LogP contribution in [0.3, 0.4) is 0 Å². The summed E-state index contributed by atoms with van der Waals surface area (Å²) in [6.07, 6.45) is 1.96. The third kappa shape index (κ3) is 4.98. The number of thiophene rings is 1. The summed E-state index contributed by atoms with van der Waals surface area (Å²) in [6, 6.07) is 11.6. The minimum absolute atomic E-state index is 0.121. The summed E-state index contributed by atoms with van der Waals surface area (Å²) >= 11 is 1.55. The summed E-state index contributed by atoms with van der Waals surface area (Å²) in [7, 11) is 1.92. The van der Waals surface area contributed by atoms with E-state index in [0.29, 0.717) is 13.0 Å². The van der Waals surface area contributed by atoms with E-state index in [1.165, 1.54) is 0 Å². The molecule has 6 heteroatoms. The molecule has 0 fully saturated rings. The van der Waals surface area contributed by atoms with Gasteiger partial charge in [0.25, 0.3) is 0 Å². The summed E-state index contributed by atoms with van der Waals surface area (Å²) in [4.78, 5) is 14.6. The van der Waals surface area contributed by atoms with Gasteiger partial charge >= 0.3 is 0 Å². The van der Waals surface area contributed by atoms with Gasteiger partial charge < -0.3 is 10.0 Å². The minimum atomic E-state index is -0.127. The number of nitrogens with zero attached hydrogens (tertiary/aromatic N) is 2. The molecule has 1 aromatic heterocycles. The maximum Gasteiger partial charge on any atom is 0.245 e. The Morgan fingerprint density at radius 2 is 2.14 bits per heavy atom. The van der Waals surface area contributed by atoms with Crippen LogP contribution in [0.15, 0.2) is 46.9 Å². The summed E-state index contributed by atoms with van der Waals surface area (Å²) in [6.45, 7) is 0.711. The normalized spacial score (nSPS) is 10.8. The quantitative estimate of drug-likeness (QED) is 0.605. The van der Waals surface area contributed by atoms with E-state index in [1.807, 2.05) is 53.7 Å². The average molecular weight is 317 g/mol. The molecule has 2 aromatic rings. The molecular weight excluding hydrogens is 298 g/mol. The first-order chi connectivity index (χ1) is 10.7. The Morgan fingerprint density at radius 3 is 2.77 bits per heavy atom. The Labute approximate surface area is 133 Å². The monoisotopic (exact) mass is 317 g/mol. The number of rotatable bonds is 7. The molecule has 0 bridgehead atoms. The second kappa shape index (κ2) is 8.31. The second-order valence-electron chi connectivity index (χ2n) is 4.79. The van der Waals surface area contributed by atoms with E-state index in [0.717, 1.165) is 16.1 Å². The van der Waals surface area contributed by atoms with Crippen LogP contribution in [0.25, 0.3) is 0 Å². The van der Waals surface area contributed by atoms with Crippen molar-refractivity contribution in [2.45, 2.75) is 6.42 Å². The van der Waals surface area contributed by atoms with Crippen molar-refractivity contribution in [3.05, 3.63) is 52.2 Å². The molecule has 2 rings (SSSR count). The van der Waals surface area contributed by atoms with Gasteiger partial charge in [-0.2, -0.15) is 5.10 Å². The van der Waals surface area contributed by atoms with Crippen molar-refractivity contribution >= 4 is 29.1 Å². The molecular formula is C16H19N3O2S. The van der Waals surface area contributed by atoms with Crippen LogP contribution in [0, 0.1) is 0 Å². The van der Waals surface area contributed by atoms with Gasteiger partial charge in [0.1, 0.15) is 0 Å². The lowest BCUT2D eigenvalue weighted by Crippen LogP contribution is -2.21. The first kappa shape index (κ1) is 16.2. The highest BCUT2D eigenvalue weighted by Gasteiger charge is 2.02. The molecule has 1 heterocycles. The van der Waals surface area contributed by atoms with Gasteiger partial charge in [0.05, 0.1) is 19.2 Å². The Balaban J connectivity index is 1.83. The SMILES string of the molecule is CN(CCO)c1ccc(/C=N/NC(=O)Cc2cccs2)cc1. The summed E-state index contributed by atoms with van der Waals surface area (Å²) < 4.78 is 0. The largest absolute Gasteiger partial charge is 0.395 e. The first-order valence-corrected chi connectivity index (χ1v) is 7.83. The van der Waals surface area contributed by atoms with E-state index in [4.69, 9.17) is 5.11 Å². The third-order valence-corrected chi connectivity index (χ3v) is 3.96. The molecule has 0 saturated heterocycles. The number of likely N-dealkylation sites (N-methyl/N-ethyl adjacent to an activating group) is 1. The van der Waals surface area contributed by atoms with E-state index in [9.17, 15) is 4.79 Å². The number of carbonyl (C=O) groups is 1. The lowest BCUT2D eigenvalue weighted by molar-refractivity contribution is -0.120. The molecule has 0 atom stereocenters. The van der Waals surface area contributed by atoms with Gasteiger partial charge in [-0.15, -0.1) is 11.3 Å². The summed E-state index contributed by atoms with van der Waals surface area (Å²) in [5.74, 6) is -0.127. The maximum absolute atomic E-state index is 11.7. The van der Waals surface area contributed by atoms with Crippen LogP contribution in [-0.2, 0) is 11.2 Å². The molecule has 0 radical (unpaired) electrons. The Bertz CT molecular complexity index is 609. The zero-order valence-corrected chi connectivity index (χ0v) is 13.2. The number of hydrogen-bond donors (Lipinski definition) is 2. The average Bonchev–Trinajstić information content (AvgIpc) is 3.01. The van der Waals surface area contributed by atoms with Gasteiger partial charge in [0.15, 0.2) is 0 Å². The fourth-order valence-electron chi connectivity index (χ4n) is 1.88. The molecule has 0 aliphatic heterocycles. The van der Waals surface area contributed by atoms with Crippen LogP contribution in [-0.4, -0.2) is 37.4 Å². The van der Waals surface area contributed by atoms with Gasteiger partial charge in [-0.3, -0.25) is 4.79 Å². The van der Waals surface area contributed by atoms with E-state index >= 15 is 0 Å². The Kier molecular flexibility index (Phi) is 6.12. The Morgan fingerprint density at radius 1 is 1.36 bits per heavy atom. The van der Waals surface area contributed by atoms with Crippen LogP contribution < -0.4 is 10.3 Å². The molecule has 116 valence electrons. The molecule has 2 N–H and O–H groups in total. The van der Waals surface area contributed by atoms with Gasteiger partial charge in [-0.05, 0) is 29.1 Å². The summed E-state index contributed by atoms with van der Waals surface area (Å²) in [5.41, 5.74) is 4.44. The molecule has 0 aliphatic rings. The molecule has 1 amide bonds. The van der Waals surface area contributed by atoms with E-state index in [1.54, 1.807) is 17.6 Å². The zero-order chi connectivity index (χ0) is 15.8. The Hall–Kier alpha value is -2.18. The van der Waals surface area contributed by atoms with Gasteiger partial charge in [-0.1, -0.05) is 18.2 Å². The number of hydrogen-bond acceptors (Lipinski definition) is 5. The van der Waals surface area contributed by atoms with Gasteiger partial charge in [-0.25, -0.2) is 5.43 Å². The number of anilines is 1. The first-order valence-electron chi connectivity index (χ1n) is 6.95. The third-order valence-electron chi connectivity index (χ3n) is 3.09. The predicted molar refractivity (Wildman–Crippen MR) is 90.6 cm³/mol. The topological polar surface area (TPSA) is 64.9 Å². The number of carbonyl (C=O) groups excluding carboxylic acids is 1. The summed E-state index contributed by atoms with van der Waals surface area (Å²) in [5, 5.41) is 14.8. The van der Waals surface area contributed by atoms with Crippen LogP contribution >= 0.6 is 11.3 Å². The lowest BCUT2D eigenvalue weighted by Gasteiger charge is -2.17. The van der Waals surface area contributed by atoms with E-state index < -0.39 is 0 Å². The van der Waals surface area contributed by atoms with Crippen LogP contribution in [0.5, 0.6) is 0 Å². The predicted octanol–water partition coefficient (Wildman–Crippen LogP) is 1.87. The van der Waals surface area contributed by atoms with E-state index in [-0.39, 0.29) is 12.5 Å². The van der Waals surface area contributed by atoms with E-state index in [2.05, 4.69) is 10.5 Å². The van der Waals surface area contributed by atoms with Crippen molar-refractivity contribution in [3.8, 4) is 0 Å². The number of nitrogens with one attached hydrogen (secondary N) is 1. The van der Waals surface area contributed by atoms with Gasteiger partial charge in [0.2, 0.25) is 5.91 Å². The number of benzene rings is 1. The fraction of sp³-hybridized carbons (Fsp3) is 0.250. The number of aliphatic hydroxyl groups is 1. The molecule has 0 aliphatic carbocycles. The standard InChI is InChI=1S/C16H19N3O2S/c1-19(8-9-20)14-6-4-13(5-7-14)12-17-18-16(21)11-15-3-2-10-22-15/h2-7,10,12,20H,8-9,11H2,1H3,(H,18,21)/b17-12+. The molecule has 0 spiro atoms. The van der Waals surface area contributed by atoms with Crippen molar-refractivity contribution in [1.29, 1.82) is 0 Å². The maximum atomic E-state index is 11.7. The molecule has 5 nitrogen and oxygen atoms in total. The van der Waals surface area contributed by atoms with Crippen molar-refractivity contribution < 1.29 is 9.90 Å². The second-order valence-corrected chi connectivity index (χ2v) is 5.82. The van der Waals surface area contributed by atoms with Crippen molar-refractivity contribution in [2.24, 2.45) is 5.10 Å². The van der Waals surface area contributed by atoms with Gasteiger partial charge in [0, 0.05) is 24.2 Å². The fourth-order valence-corrected chi connectivity index (χ4v) is 2.59. The zero-order valence-electron chi connectivity index (χ0n) is 12.4. The molecule has 22 heavy (non-hydrogen) atoms. The van der Waals surface area contributed by atoms with Crippen molar-refractivity contribution in [3.63, 3.8) is 0 Å². The number of hydrazone groups is 1. The van der Waals surface area contributed by atoms with Crippen molar-refractivity contribution in [2.75, 3.05) is 25.1 Å². The van der Waals surface area contributed by atoms with Crippen molar-refractivity contribution in [1.82, 2.24) is 5.43 Å². The number of amides is 1. The number of aliphatic hydroxyl groups excluding tert-OH is 1. The van der Waals surface area contributed by atoms with Crippen LogP contribution in [0.4, 0.5) is 5.69 Å². The smallest absolute Gasteiger partial charge is 0.245 e. The van der Waals surface area contributed by atoms with Crippen LogP contribution in [0.1, 0.15) is 10.4 Å². The minimum Gasteiger partial charge on any atom is -0.395 e.